The third-order valence-corrected chi connectivity index (χ3v) is 3.83. The minimum atomic E-state index is 0.219. The molecule has 1 atom stereocenters. The summed E-state index contributed by atoms with van der Waals surface area (Å²) in [5, 5.41) is 4.71. The summed E-state index contributed by atoms with van der Waals surface area (Å²) in [5.74, 6) is 0.219. The number of nitrogens with zero attached hydrogens (tertiary/aromatic N) is 2. The Morgan fingerprint density at radius 1 is 1.37 bits per heavy atom. The number of ketones is 1. The summed E-state index contributed by atoms with van der Waals surface area (Å²) in [4.78, 5) is 12.2. The standard InChI is InChI=1S/C15H24N2O2/c1-4-12-15(14(18)6-3)13(5-2)17(16-12)11-8-7-9-19-10-11/h11H,4-10H2,1-3H3. The Labute approximate surface area is 115 Å². The highest BCUT2D eigenvalue weighted by atomic mass is 16.5. The van der Waals surface area contributed by atoms with Gasteiger partial charge in [-0.3, -0.25) is 9.48 Å². The van der Waals surface area contributed by atoms with E-state index in [0.717, 1.165) is 55.8 Å². The topological polar surface area (TPSA) is 44.1 Å². The SMILES string of the molecule is CCC(=O)c1c(CC)nn(C2CCCOC2)c1CC. The van der Waals surface area contributed by atoms with Crippen LogP contribution in [0, 0.1) is 0 Å². The van der Waals surface area contributed by atoms with Gasteiger partial charge < -0.3 is 4.74 Å². The number of ether oxygens (including phenoxy) is 1. The van der Waals surface area contributed by atoms with Gasteiger partial charge in [0.05, 0.1) is 23.9 Å². The van der Waals surface area contributed by atoms with Gasteiger partial charge in [-0.25, -0.2) is 0 Å². The van der Waals surface area contributed by atoms with Crippen LogP contribution < -0.4 is 0 Å². The zero-order valence-corrected chi connectivity index (χ0v) is 12.2. The molecule has 0 aliphatic carbocycles. The molecule has 0 spiro atoms. The first-order valence-electron chi connectivity index (χ1n) is 7.44. The maximum Gasteiger partial charge on any atom is 0.166 e. The molecule has 0 radical (unpaired) electrons. The maximum absolute atomic E-state index is 12.2. The van der Waals surface area contributed by atoms with E-state index < -0.39 is 0 Å². The number of hydrogen-bond donors (Lipinski definition) is 0. The number of carbonyl (C=O) groups excluding carboxylic acids is 1. The third kappa shape index (κ3) is 2.73. The second kappa shape index (κ2) is 6.33. The molecule has 0 bridgehead atoms. The van der Waals surface area contributed by atoms with Crippen molar-refractivity contribution in [2.45, 2.75) is 58.9 Å². The quantitative estimate of drug-likeness (QED) is 0.768. The van der Waals surface area contributed by atoms with Gasteiger partial charge >= 0.3 is 0 Å². The summed E-state index contributed by atoms with van der Waals surface area (Å²) < 4.78 is 7.63. The van der Waals surface area contributed by atoms with Crippen LogP contribution in [0.4, 0.5) is 0 Å². The van der Waals surface area contributed by atoms with Crippen molar-refractivity contribution in [1.29, 1.82) is 0 Å². The van der Waals surface area contributed by atoms with Crippen molar-refractivity contribution in [3.8, 4) is 0 Å². The van der Waals surface area contributed by atoms with Gasteiger partial charge in [0, 0.05) is 18.7 Å². The van der Waals surface area contributed by atoms with E-state index in [1.54, 1.807) is 0 Å². The number of aromatic nitrogens is 2. The molecule has 1 fully saturated rings. The summed E-state index contributed by atoms with van der Waals surface area (Å²) in [6.45, 7) is 7.65. The zero-order chi connectivity index (χ0) is 13.8. The Morgan fingerprint density at radius 3 is 2.68 bits per heavy atom. The molecule has 19 heavy (non-hydrogen) atoms. The number of aryl methyl sites for hydroxylation is 1. The van der Waals surface area contributed by atoms with Gasteiger partial charge in [-0.05, 0) is 25.7 Å². The molecule has 1 aliphatic rings. The zero-order valence-electron chi connectivity index (χ0n) is 12.2. The molecule has 1 aromatic heterocycles. The molecule has 1 unspecified atom stereocenters. The van der Waals surface area contributed by atoms with E-state index in [4.69, 9.17) is 9.84 Å². The van der Waals surface area contributed by atoms with Gasteiger partial charge in [0.2, 0.25) is 0 Å². The van der Waals surface area contributed by atoms with Gasteiger partial charge in [-0.15, -0.1) is 0 Å². The van der Waals surface area contributed by atoms with Crippen molar-refractivity contribution >= 4 is 5.78 Å². The number of hydrogen-bond acceptors (Lipinski definition) is 3. The van der Waals surface area contributed by atoms with E-state index in [9.17, 15) is 4.79 Å². The molecule has 2 rings (SSSR count). The highest BCUT2D eigenvalue weighted by Gasteiger charge is 2.25. The van der Waals surface area contributed by atoms with Crippen LogP contribution >= 0.6 is 0 Å². The lowest BCUT2D eigenvalue weighted by atomic mass is 10.0. The van der Waals surface area contributed by atoms with Crippen LogP contribution in [0.15, 0.2) is 0 Å². The largest absolute Gasteiger partial charge is 0.379 e. The summed E-state index contributed by atoms with van der Waals surface area (Å²) in [7, 11) is 0. The highest BCUT2D eigenvalue weighted by molar-refractivity contribution is 5.98. The molecule has 1 aliphatic heterocycles. The number of Topliss-reactive ketones (excluding diaryl/α,β-unsaturated/α-hetero) is 1. The van der Waals surface area contributed by atoms with E-state index in [-0.39, 0.29) is 5.78 Å². The summed E-state index contributed by atoms with van der Waals surface area (Å²) in [6.07, 6.45) is 4.38. The van der Waals surface area contributed by atoms with Crippen LogP contribution in [-0.2, 0) is 17.6 Å². The first-order chi connectivity index (χ1) is 9.22. The second-order valence-electron chi connectivity index (χ2n) is 5.07. The van der Waals surface area contributed by atoms with Crippen molar-refractivity contribution in [2.24, 2.45) is 0 Å². The van der Waals surface area contributed by atoms with Crippen molar-refractivity contribution < 1.29 is 9.53 Å². The predicted octanol–water partition coefficient (Wildman–Crippen LogP) is 2.95. The molecule has 0 amide bonds. The van der Waals surface area contributed by atoms with Gasteiger partial charge in [-0.1, -0.05) is 20.8 Å². The second-order valence-corrected chi connectivity index (χ2v) is 5.07. The molecule has 4 heteroatoms. The molecular weight excluding hydrogens is 240 g/mol. The Hall–Kier alpha value is -1.16. The smallest absolute Gasteiger partial charge is 0.166 e. The molecule has 4 nitrogen and oxygen atoms in total. The van der Waals surface area contributed by atoms with E-state index in [0.29, 0.717) is 12.5 Å². The maximum atomic E-state index is 12.2. The average molecular weight is 264 g/mol. The Bertz CT molecular complexity index is 445. The van der Waals surface area contributed by atoms with E-state index in [1.165, 1.54) is 0 Å². The lowest BCUT2D eigenvalue weighted by molar-refractivity contribution is 0.0537. The van der Waals surface area contributed by atoms with E-state index >= 15 is 0 Å². The summed E-state index contributed by atoms with van der Waals surface area (Å²) >= 11 is 0. The van der Waals surface area contributed by atoms with Gasteiger partial charge in [0.25, 0.3) is 0 Å². The van der Waals surface area contributed by atoms with Gasteiger partial charge in [0.1, 0.15) is 0 Å². The monoisotopic (exact) mass is 264 g/mol. The van der Waals surface area contributed by atoms with Gasteiger partial charge in [0.15, 0.2) is 5.78 Å². The van der Waals surface area contributed by atoms with Crippen LogP contribution in [-0.4, -0.2) is 28.8 Å². The molecule has 1 saturated heterocycles. The molecule has 2 heterocycles. The molecular formula is C15H24N2O2. The average Bonchev–Trinajstić information content (AvgIpc) is 2.85. The Kier molecular flexibility index (Phi) is 4.75. The van der Waals surface area contributed by atoms with Crippen LogP contribution in [0.1, 0.15) is 67.8 Å². The van der Waals surface area contributed by atoms with Crippen LogP contribution in [0.5, 0.6) is 0 Å². The van der Waals surface area contributed by atoms with E-state index in [2.05, 4.69) is 18.5 Å². The Morgan fingerprint density at radius 2 is 2.16 bits per heavy atom. The van der Waals surface area contributed by atoms with E-state index in [1.807, 2.05) is 6.92 Å². The lowest BCUT2D eigenvalue weighted by Gasteiger charge is -2.24. The molecule has 106 valence electrons. The van der Waals surface area contributed by atoms with Crippen LogP contribution in [0.2, 0.25) is 0 Å². The lowest BCUT2D eigenvalue weighted by Crippen LogP contribution is -2.24. The fraction of sp³-hybridized carbons (Fsp3) is 0.733. The minimum Gasteiger partial charge on any atom is -0.379 e. The highest BCUT2D eigenvalue weighted by Crippen LogP contribution is 2.26. The predicted molar refractivity (Wildman–Crippen MR) is 74.7 cm³/mol. The fourth-order valence-corrected chi connectivity index (χ4v) is 2.83. The molecule has 0 saturated carbocycles. The van der Waals surface area contributed by atoms with Crippen molar-refractivity contribution in [2.75, 3.05) is 13.2 Å². The molecule has 0 N–H and O–H groups in total. The van der Waals surface area contributed by atoms with Crippen molar-refractivity contribution in [1.82, 2.24) is 9.78 Å². The third-order valence-electron chi connectivity index (χ3n) is 3.83. The fourth-order valence-electron chi connectivity index (χ4n) is 2.83. The molecule has 1 aromatic rings. The number of rotatable bonds is 5. The summed E-state index contributed by atoms with van der Waals surface area (Å²) in [5.41, 5.74) is 2.92. The van der Waals surface area contributed by atoms with Crippen molar-refractivity contribution in [3.05, 3.63) is 17.0 Å². The summed E-state index contributed by atoms with van der Waals surface area (Å²) in [6, 6.07) is 0.299. The first-order valence-corrected chi connectivity index (χ1v) is 7.44. The normalized spacial score (nSPS) is 19.6. The Balaban J connectivity index is 2.42. The number of carbonyl (C=O) groups is 1. The minimum absolute atomic E-state index is 0.219. The van der Waals surface area contributed by atoms with Gasteiger partial charge in [-0.2, -0.15) is 5.10 Å². The van der Waals surface area contributed by atoms with Crippen molar-refractivity contribution in [3.63, 3.8) is 0 Å². The van der Waals surface area contributed by atoms with Crippen LogP contribution in [0.3, 0.4) is 0 Å². The van der Waals surface area contributed by atoms with Crippen LogP contribution in [0.25, 0.3) is 0 Å². The molecule has 0 aromatic carbocycles. The first kappa shape index (κ1) is 14.3.